The van der Waals surface area contributed by atoms with E-state index in [2.05, 4.69) is 25.2 Å². The number of nitrogens with zero attached hydrogens (tertiary/aromatic N) is 1. The summed E-state index contributed by atoms with van der Waals surface area (Å²) in [5.74, 6) is 0.168. The highest BCUT2D eigenvalue weighted by molar-refractivity contribution is 5.96. The van der Waals surface area contributed by atoms with Crippen LogP contribution in [0.1, 0.15) is 47.7 Å². The first-order valence-corrected chi connectivity index (χ1v) is 7.72. The molecule has 1 atom stereocenters. The minimum absolute atomic E-state index is 0.168. The number of aryl methyl sites for hydroxylation is 1. The number of piperidine rings is 1. The Labute approximate surface area is 122 Å². The molecule has 0 radical (unpaired) electrons. The van der Waals surface area contributed by atoms with E-state index in [1.165, 1.54) is 24.8 Å². The monoisotopic (exact) mass is 274 g/mol. The number of nitrogens with one attached hydrogen (secondary N) is 1. The Morgan fingerprint density at radius 2 is 2.15 bits per heavy atom. The molecule has 20 heavy (non-hydrogen) atoms. The summed E-state index contributed by atoms with van der Waals surface area (Å²) in [5, 5.41) is 3.52. The van der Waals surface area contributed by atoms with E-state index in [0.29, 0.717) is 6.04 Å². The number of benzene rings is 1. The van der Waals surface area contributed by atoms with Crippen LogP contribution >= 0.6 is 0 Å². The largest absolute Gasteiger partial charge is 0.337 e. The molecule has 1 unspecified atom stereocenters. The number of hydrogen-bond donors (Lipinski definition) is 1. The minimum Gasteiger partial charge on any atom is -0.337 e. The van der Waals surface area contributed by atoms with Gasteiger partial charge in [0.1, 0.15) is 0 Å². The number of amides is 1. The van der Waals surface area contributed by atoms with E-state index in [4.69, 9.17) is 0 Å². The maximum Gasteiger partial charge on any atom is 0.254 e. The summed E-state index contributed by atoms with van der Waals surface area (Å²) < 4.78 is 0. The SMILES string of the molecule is CCN(CC1CCCCN1)C(=O)c1cccc(C)c1C. The van der Waals surface area contributed by atoms with Gasteiger partial charge in [-0.1, -0.05) is 18.6 Å². The molecule has 3 nitrogen and oxygen atoms in total. The highest BCUT2D eigenvalue weighted by atomic mass is 16.2. The van der Waals surface area contributed by atoms with E-state index >= 15 is 0 Å². The van der Waals surface area contributed by atoms with E-state index in [9.17, 15) is 4.79 Å². The topological polar surface area (TPSA) is 32.3 Å². The quantitative estimate of drug-likeness (QED) is 0.915. The van der Waals surface area contributed by atoms with E-state index < -0.39 is 0 Å². The molecule has 1 N–H and O–H groups in total. The zero-order valence-electron chi connectivity index (χ0n) is 12.9. The van der Waals surface area contributed by atoms with Crippen LogP contribution in [0.5, 0.6) is 0 Å². The predicted molar refractivity (Wildman–Crippen MR) is 83.1 cm³/mol. The summed E-state index contributed by atoms with van der Waals surface area (Å²) >= 11 is 0. The molecule has 0 saturated carbocycles. The Morgan fingerprint density at radius 1 is 1.35 bits per heavy atom. The lowest BCUT2D eigenvalue weighted by Crippen LogP contribution is -2.45. The Morgan fingerprint density at radius 3 is 2.80 bits per heavy atom. The van der Waals surface area contributed by atoms with Gasteiger partial charge >= 0.3 is 0 Å². The van der Waals surface area contributed by atoms with Crippen LogP contribution in [0.2, 0.25) is 0 Å². The molecule has 110 valence electrons. The Kier molecular flexibility index (Phi) is 5.18. The third-order valence-electron chi connectivity index (χ3n) is 4.36. The van der Waals surface area contributed by atoms with Gasteiger partial charge in [-0.2, -0.15) is 0 Å². The van der Waals surface area contributed by atoms with Gasteiger partial charge in [0.2, 0.25) is 0 Å². The second kappa shape index (κ2) is 6.89. The molecule has 0 bridgehead atoms. The van der Waals surface area contributed by atoms with Crippen molar-refractivity contribution in [1.82, 2.24) is 10.2 Å². The molecule has 1 aliphatic heterocycles. The number of likely N-dealkylation sites (N-methyl/N-ethyl adjacent to an activating group) is 1. The van der Waals surface area contributed by atoms with Crippen molar-refractivity contribution >= 4 is 5.91 Å². The fourth-order valence-electron chi connectivity index (χ4n) is 2.85. The molecule has 1 amide bonds. The molecule has 3 heteroatoms. The van der Waals surface area contributed by atoms with Crippen molar-refractivity contribution in [1.29, 1.82) is 0 Å². The molecule has 1 aromatic rings. The molecule has 0 aliphatic carbocycles. The first-order valence-electron chi connectivity index (χ1n) is 7.72. The normalized spacial score (nSPS) is 18.9. The van der Waals surface area contributed by atoms with Crippen LogP contribution in [0.15, 0.2) is 18.2 Å². The summed E-state index contributed by atoms with van der Waals surface area (Å²) in [6.07, 6.45) is 3.71. The van der Waals surface area contributed by atoms with Gasteiger partial charge in [0.15, 0.2) is 0 Å². The van der Waals surface area contributed by atoms with Crippen LogP contribution in [0.25, 0.3) is 0 Å². The van der Waals surface area contributed by atoms with Crippen molar-refractivity contribution in [3.8, 4) is 0 Å². The van der Waals surface area contributed by atoms with Gasteiger partial charge in [-0.25, -0.2) is 0 Å². The van der Waals surface area contributed by atoms with Gasteiger partial charge in [0, 0.05) is 24.7 Å². The lowest BCUT2D eigenvalue weighted by molar-refractivity contribution is 0.0740. The van der Waals surface area contributed by atoms with Crippen LogP contribution in [0.4, 0.5) is 0 Å². The molecular weight excluding hydrogens is 248 g/mol. The van der Waals surface area contributed by atoms with Crippen molar-refractivity contribution in [3.63, 3.8) is 0 Å². The summed E-state index contributed by atoms with van der Waals surface area (Å²) in [6, 6.07) is 6.44. The van der Waals surface area contributed by atoms with Crippen molar-refractivity contribution in [2.75, 3.05) is 19.6 Å². The van der Waals surface area contributed by atoms with Gasteiger partial charge in [-0.3, -0.25) is 4.79 Å². The minimum atomic E-state index is 0.168. The maximum atomic E-state index is 12.7. The van der Waals surface area contributed by atoms with Crippen molar-refractivity contribution < 1.29 is 4.79 Å². The zero-order chi connectivity index (χ0) is 14.5. The fourth-order valence-corrected chi connectivity index (χ4v) is 2.85. The van der Waals surface area contributed by atoms with Crippen LogP contribution in [-0.2, 0) is 0 Å². The fraction of sp³-hybridized carbons (Fsp3) is 0.588. The highest BCUT2D eigenvalue weighted by Crippen LogP contribution is 2.16. The molecular formula is C17H26N2O. The Hall–Kier alpha value is -1.35. The van der Waals surface area contributed by atoms with E-state index in [-0.39, 0.29) is 5.91 Å². The first-order chi connectivity index (χ1) is 9.63. The van der Waals surface area contributed by atoms with Gasteiger partial charge in [-0.15, -0.1) is 0 Å². The summed E-state index contributed by atoms with van der Waals surface area (Å²) in [4.78, 5) is 14.7. The lowest BCUT2D eigenvalue weighted by Gasteiger charge is -2.30. The second-order valence-corrected chi connectivity index (χ2v) is 5.74. The van der Waals surface area contributed by atoms with Crippen molar-refractivity contribution in [2.24, 2.45) is 0 Å². The highest BCUT2D eigenvalue weighted by Gasteiger charge is 2.21. The van der Waals surface area contributed by atoms with Crippen LogP contribution in [0.3, 0.4) is 0 Å². The Balaban J connectivity index is 2.10. The van der Waals surface area contributed by atoms with E-state index in [1.54, 1.807) is 0 Å². The maximum absolute atomic E-state index is 12.7. The average Bonchev–Trinajstić information content (AvgIpc) is 2.48. The van der Waals surface area contributed by atoms with Gasteiger partial charge in [0.05, 0.1) is 0 Å². The smallest absolute Gasteiger partial charge is 0.254 e. The standard InChI is InChI=1S/C17H26N2O/c1-4-19(12-15-9-5-6-11-18-15)17(20)16-10-7-8-13(2)14(16)3/h7-8,10,15,18H,4-6,9,11-12H2,1-3H3. The lowest BCUT2D eigenvalue weighted by atomic mass is 10.0. The summed E-state index contributed by atoms with van der Waals surface area (Å²) in [6.45, 7) is 8.83. The number of carbonyl (C=O) groups is 1. The molecule has 1 saturated heterocycles. The third-order valence-corrected chi connectivity index (χ3v) is 4.36. The zero-order valence-corrected chi connectivity index (χ0v) is 12.9. The predicted octanol–water partition coefficient (Wildman–Crippen LogP) is 2.91. The van der Waals surface area contributed by atoms with Gasteiger partial charge in [0.25, 0.3) is 5.91 Å². The molecule has 2 rings (SSSR count). The van der Waals surface area contributed by atoms with Crippen LogP contribution in [-0.4, -0.2) is 36.5 Å². The van der Waals surface area contributed by atoms with E-state index in [1.807, 2.05) is 24.0 Å². The van der Waals surface area contributed by atoms with Crippen LogP contribution in [0, 0.1) is 13.8 Å². The molecule has 1 fully saturated rings. The molecule has 1 aliphatic rings. The third kappa shape index (κ3) is 3.40. The molecule has 1 heterocycles. The molecule has 0 spiro atoms. The van der Waals surface area contributed by atoms with Gasteiger partial charge in [-0.05, 0) is 57.4 Å². The number of carbonyl (C=O) groups excluding carboxylic acids is 1. The summed E-state index contributed by atoms with van der Waals surface area (Å²) in [7, 11) is 0. The summed E-state index contributed by atoms with van der Waals surface area (Å²) in [5.41, 5.74) is 3.14. The number of hydrogen-bond acceptors (Lipinski definition) is 2. The molecule has 1 aromatic carbocycles. The molecule has 0 aromatic heterocycles. The van der Waals surface area contributed by atoms with E-state index in [0.717, 1.165) is 30.8 Å². The number of rotatable bonds is 4. The Bertz CT molecular complexity index is 464. The first kappa shape index (κ1) is 15.0. The van der Waals surface area contributed by atoms with Crippen LogP contribution < -0.4 is 5.32 Å². The second-order valence-electron chi connectivity index (χ2n) is 5.74. The van der Waals surface area contributed by atoms with Crippen molar-refractivity contribution in [2.45, 2.75) is 46.1 Å². The average molecular weight is 274 g/mol. The van der Waals surface area contributed by atoms with Crippen molar-refractivity contribution in [3.05, 3.63) is 34.9 Å². The van der Waals surface area contributed by atoms with Gasteiger partial charge < -0.3 is 10.2 Å².